The molecular formula is C35H32N3+. The standard InChI is InChI=1S/C35H32N3/c1-22-16-18-29-28(20-22)27-13-8-12-25-26-14-9-15-31-34(26)38(37(29)33(25)27)30-19-17-23(35(2,3)4)21-32(30)36(31)24-10-6-5-7-11-24/h5-21,30,33-34H,1-4H3/q+1. The number of hydrogen-bond donors (Lipinski definition) is 0. The summed E-state index contributed by atoms with van der Waals surface area (Å²) in [6, 6.07) is 18.3. The molecule has 0 N–H and O–H groups in total. The van der Waals surface area contributed by atoms with Crippen molar-refractivity contribution in [3.63, 3.8) is 0 Å². The van der Waals surface area contributed by atoms with Gasteiger partial charge in [-0.1, -0.05) is 93.1 Å². The number of fused-ring (bicyclic) bond motifs is 6. The first kappa shape index (κ1) is 22.1. The Morgan fingerprint density at radius 2 is 1.61 bits per heavy atom. The normalized spacial score (nSPS) is 26.5. The second-order valence-electron chi connectivity index (χ2n) is 12.1. The number of nitrogens with zero attached hydrogens (tertiary/aromatic N) is 3. The van der Waals surface area contributed by atoms with Gasteiger partial charge in [0.1, 0.15) is 12.1 Å². The molecule has 3 nitrogen and oxygen atoms in total. The highest BCUT2D eigenvalue weighted by Gasteiger charge is 2.57. The molecule has 3 unspecified atom stereocenters. The van der Waals surface area contributed by atoms with Crippen LogP contribution >= 0.6 is 0 Å². The van der Waals surface area contributed by atoms with Crippen molar-refractivity contribution in [1.29, 1.82) is 0 Å². The number of hydrogen-bond acceptors (Lipinski definition) is 2. The molecule has 3 heteroatoms. The second-order valence-corrected chi connectivity index (χ2v) is 12.1. The Hall–Kier alpha value is -3.95. The van der Waals surface area contributed by atoms with E-state index in [1.807, 2.05) is 0 Å². The third-order valence-corrected chi connectivity index (χ3v) is 8.81. The number of benzene rings is 2. The van der Waals surface area contributed by atoms with Gasteiger partial charge in [-0.05, 0) is 46.8 Å². The maximum Gasteiger partial charge on any atom is 0.211 e. The summed E-state index contributed by atoms with van der Waals surface area (Å²) in [6.07, 6.45) is 21.1. The van der Waals surface area contributed by atoms with Crippen molar-refractivity contribution in [1.82, 2.24) is 5.01 Å². The Bertz CT molecular complexity index is 1660. The van der Waals surface area contributed by atoms with Gasteiger partial charge in [-0.25, -0.2) is 0 Å². The van der Waals surface area contributed by atoms with Crippen LogP contribution in [0.2, 0.25) is 0 Å². The van der Waals surface area contributed by atoms with Crippen molar-refractivity contribution in [2.24, 2.45) is 5.41 Å². The van der Waals surface area contributed by atoms with Crippen LogP contribution in [0.25, 0.3) is 5.57 Å². The number of anilines is 1. The van der Waals surface area contributed by atoms with Gasteiger partial charge in [0.05, 0.1) is 11.7 Å². The third kappa shape index (κ3) is 2.85. The fourth-order valence-corrected chi connectivity index (χ4v) is 7.08. The largest absolute Gasteiger partial charge is 0.291 e. The van der Waals surface area contributed by atoms with Gasteiger partial charge >= 0.3 is 0 Å². The van der Waals surface area contributed by atoms with E-state index in [0.717, 1.165) is 0 Å². The summed E-state index contributed by atoms with van der Waals surface area (Å²) in [4.78, 5) is 0. The zero-order valence-electron chi connectivity index (χ0n) is 22.4. The Balaban J connectivity index is 1.44. The minimum absolute atomic E-state index is 0.0660. The predicted molar refractivity (Wildman–Crippen MR) is 156 cm³/mol. The molecule has 2 aromatic rings. The average Bonchev–Trinajstić information content (AvgIpc) is 3.24. The van der Waals surface area contributed by atoms with Gasteiger partial charge in [-0.3, -0.25) is 5.01 Å². The van der Waals surface area contributed by atoms with E-state index in [1.54, 1.807) is 0 Å². The average molecular weight is 495 g/mol. The van der Waals surface area contributed by atoms with Crippen LogP contribution in [0, 0.1) is 12.3 Å². The monoisotopic (exact) mass is 494 g/mol. The Kier molecular flexibility index (Phi) is 4.39. The lowest BCUT2D eigenvalue weighted by molar-refractivity contribution is -0.402. The summed E-state index contributed by atoms with van der Waals surface area (Å²) in [7, 11) is 0. The summed E-state index contributed by atoms with van der Waals surface area (Å²) in [5.41, 5.74) is 13.5. The van der Waals surface area contributed by atoms with E-state index in [0.29, 0.717) is 0 Å². The molecule has 6 aliphatic rings. The summed E-state index contributed by atoms with van der Waals surface area (Å²) in [6.45, 7) is 9.13. The van der Waals surface area contributed by atoms with E-state index >= 15 is 0 Å². The lowest BCUT2D eigenvalue weighted by Crippen LogP contribution is -2.66. The minimum atomic E-state index is 0.0660. The van der Waals surface area contributed by atoms with Crippen LogP contribution in [-0.4, -0.2) is 33.4 Å². The number of hydrazine groups is 1. The molecule has 0 bridgehead atoms. The Morgan fingerprint density at radius 1 is 0.842 bits per heavy atom. The molecule has 186 valence electrons. The van der Waals surface area contributed by atoms with Crippen molar-refractivity contribution >= 4 is 22.7 Å². The molecular weight excluding hydrogens is 462 g/mol. The van der Waals surface area contributed by atoms with Crippen LogP contribution in [0.1, 0.15) is 31.9 Å². The van der Waals surface area contributed by atoms with E-state index in [2.05, 4.69) is 146 Å². The molecule has 3 heterocycles. The quantitative estimate of drug-likeness (QED) is 0.388. The number of rotatable bonds is 1. The molecule has 3 aliphatic carbocycles. The first-order chi connectivity index (χ1) is 18.4. The fraction of sp³-hybridized carbons (Fsp3) is 0.229. The molecule has 0 amide bonds. The van der Waals surface area contributed by atoms with Crippen LogP contribution < -0.4 is 5.01 Å². The molecule has 0 saturated carbocycles. The van der Waals surface area contributed by atoms with Crippen LogP contribution in [0.4, 0.5) is 11.4 Å². The third-order valence-electron chi connectivity index (χ3n) is 8.81. The molecule has 0 aromatic heterocycles. The smallest absolute Gasteiger partial charge is 0.211 e. The van der Waals surface area contributed by atoms with Crippen LogP contribution in [-0.2, 0) is 0 Å². The summed E-state index contributed by atoms with van der Waals surface area (Å²) in [5.74, 6) is 0. The fourth-order valence-electron chi connectivity index (χ4n) is 7.08. The molecule has 2 aromatic carbocycles. The van der Waals surface area contributed by atoms with E-state index in [9.17, 15) is 0 Å². The van der Waals surface area contributed by atoms with Crippen molar-refractivity contribution in [3.05, 3.63) is 137 Å². The summed E-state index contributed by atoms with van der Waals surface area (Å²) < 4.78 is 2.53. The Morgan fingerprint density at radius 3 is 2.39 bits per heavy atom. The SMILES string of the molecule is Cc1ccc2c(c1)C1=CC=CC3=C4C=CC=C5C4N(C4C=CC(C(C)(C)C)=CC4=[N+]5c4ccccc4)N2C13. The number of aryl methyl sites for hydroxylation is 1. The maximum absolute atomic E-state index is 2.67. The highest BCUT2D eigenvalue weighted by atomic mass is 15.7. The van der Waals surface area contributed by atoms with Gasteiger partial charge in [0.2, 0.25) is 17.1 Å². The maximum atomic E-state index is 2.67. The van der Waals surface area contributed by atoms with Crippen molar-refractivity contribution in [2.45, 2.75) is 45.8 Å². The van der Waals surface area contributed by atoms with Gasteiger partial charge in [0.25, 0.3) is 0 Å². The van der Waals surface area contributed by atoms with Gasteiger partial charge in [-0.2, -0.15) is 9.58 Å². The number of allylic oxidation sites excluding steroid dienone is 6. The molecule has 0 radical (unpaired) electrons. The molecule has 0 spiro atoms. The topological polar surface area (TPSA) is 9.49 Å². The van der Waals surface area contributed by atoms with E-state index < -0.39 is 0 Å². The van der Waals surface area contributed by atoms with Crippen LogP contribution in [0.15, 0.2) is 126 Å². The van der Waals surface area contributed by atoms with Crippen molar-refractivity contribution in [2.75, 3.05) is 5.01 Å². The molecule has 0 fully saturated rings. The van der Waals surface area contributed by atoms with Crippen LogP contribution in [0.5, 0.6) is 0 Å². The first-order valence-electron chi connectivity index (χ1n) is 13.7. The predicted octanol–water partition coefficient (Wildman–Crippen LogP) is 7.20. The van der Waals surface area contributed by atoms with Gasteiger partial charge in [0, 0.05) is 29.8 Å². The Labute approximate surface area is 225 Å². The number of para-hydroxylation sites is 1. The lowest BCUT2D eigenvalue weighted by atomic mass is 9.78. The summed E-state index contributed by atoms with van der Waals surface area (Å²) >= 11 is 0. The summed E-state index contributed by atoms with van der Waals surface area (Å²) in [5, 5.41) is 5.29. The molecule has 38 heavy (non-hydrogen) atoms. The molecule has 0 saturated heterocycles. The lowest BCUT2D eigenvalue weighted by Gasteiger charge is -2.53. The van der Waals surface area contributed by atoms with Gasteiger partial charge in [-0.15, -0.1) is 0 Å². The van der Waals surface area contributed by atoms with Crippen molar-refractivity contribution < 1.29 is 4.58 Å². The highest BCUT2D eigenvalue weighted by Crippen LogP contribution is 2.54. The molecule has 3 aliphatic heterocycles. The van der Waals surface area contributed by atoms with Crippen molar-refractivity contribution in [3.8, 4) is 0 Å². The second kappa shape index (κ2) is 7.55. The van der Waals surface area contributed by atoms with Gasteiger partial charge in [0.15, 0.2) is 0 Å². The first-order valence-corrected chi connectivity index (χ1v) is 13.7. The molecule has 8 rings (SSSR count). The van der Waals surface area contributed by atoms with E-state index in [1.165, 1.54) is 56.2 Å². The van der Waals surface area contributed by atoms with E-state index in [4.69, 9.17) is 0 Å². The van der Waals surface area contributed by atoms with E-state index in [-0.39, 0.29) is 23.5 Å². The van der Waals surface area contributed by atoms with Crippen LogP contribution in [0.3, 0.4) is 0 Å². The zero-order valence-corrected chi connectivity index (χ0v) is 22.4. The minimum Gasteiger partial charge on any atom is -0.291 e. The zero-order chi connectivity index (χ0) is 25.8. The molecule has 3 atom stereocenters. The highest BCUT2D eigenvalue weighted by molar-refractivity contribution is 6.02. The van der Waals surface area contributed by atoms with Gasteiger partial charge < -0.3 is 0 Å².